The van der Waals surface area contributed by atoms with Crippen LogP contribution in [0, 0.1) is 23.3 Å². The van der Waals surface area contributed by atoms with Crippen LogP contribution in [-0.2, 0) is 4.74 Å². The summed E-state index contributed by atoms with van der Waals surface area (Å²) < 4.78 is 171. The molecule has 158 valence electrons. The van der Waals surface area contributed by atoms with Gasteiger partial charge >= 0.3 is 30.0 Å². The molecule has 1 aromatic carbocycles. The van der Waals surface area contributed by atoms with E-state index in [2.05, 4.69) is 4.74 Å². The van der Waals surface area contributed by atoms with Gasteiger partial charge in [0.25, 0.3) is 0 Å². The van der Waals surface area contributed by atoms with Gasteiger partial charge in [-0.05, 0) is 0 Å². The lowest BCUT2D eigenvalue weighted by atomic mass is 9.98. The zero-order valence-electron chi connectivity index (χ0n) is 12.1. The van der Waals surface area contributed by atoms with Gasteiger partial charge in [-0.1, -0.05) is 11.6 Å². The van der Waals surface area contributed by atoms with Crippen molar-refractivity contribution in [1.29, 1.82) is 0 Å². The Morgan fingerprint density at radius 3 is 1.54 bits per heavy atom. The van der Waals surface area contributed by atoms with E-state index in [1.165, 1.54) is 0 Å². The number of rotatable bonds is 6. The van der Waals surface area contributed by atoms with Crippen LogP contribution in [0.2, 0.25) is 5.02 Å². The summed E-state index contributed by atoms with van der Waals surface area (Å²) in [4.78, 5) is 11.3. The molecule has 0 aliphatic heterocycles. The maximum atomic E-state index is 13.6. The molecule has 0 saturated carbocycles. The largest absolute Gasteiger partial charge is 0.473 e. The predicted octanol–water partition coefficient (Wildman–Crippen LogP) is 5.99. The molecule has 0 saturated heterocycles. The van der Waals surface area contributed by atoms with Crippen LogP contribution in [0.15, 0.2) is 12.1 Å². The number of hydrogen-bond acceptors (Lipinski definition) is 2. The molecule has 0 aliphatic carbocycles. The highest BCUT2D eigenvalue weighted by atomic mass is 35.5. The molecule has 2 nitrogen and oxygen atoms in total. The molecule has 16 heteroatoms. The molecule has 0 radical (unpaired) electrons. The van der Waals surface area contributed by atoms with Crippen molar-refractivity contribution in [2.75, 3.05) is 0 Å². The third kappa shape index (κ3) is 3.58. The molecule has 0 unspecified atom stereocenters. The first-order valence-electron chi connectivity index (χ1n) is 6.01. The van der Waals surface area contributed by atoms with Gasteiger partial charge in [0.15, 0.2) is 23.3 Å². The number of Topliss-reactive ketones (excluding diaryl/α,β-unsaturated/α-hetero) is 1. The fraction of sp³-hybridized carbons (Fsp3) is 0.250. The normalized spacial score (nSPS) is 12.8. The molecule has 0 aliphatic rings. The van der Waals surface area contributed by atoms with Gasteiger partial charge in [-0.15, -0.1) is 0 Å². The molecule has 0 heterocycles. The minimum Gasteiger partial charge on any atom is -0.397 e. The molecule has 1 rings (SSSR count). The number of ketones is 1. The van der Waals surface area contributed by atoms with Gasteiger partial charge in [0.05, 0.1) is 0 Å². The highest BCUT2D eigenvalue weighted by molar-refractivity contribution is 6.31. The lowest BCUT2D eigenvalue weighted by molar-refractivity contribution is -0.381. The summed E-state index contributed by atoms with van der Waals surface area (Å²) in [5.74, 6) is -29.7. The Bertz CT molecular complexity index is 815. The molecule has 0 bridgehead atoms. The van der Waals surface area contributed by atoms with Crippen molar-refractivity contribution in [3.8, 4) is 0 Å². The summed E-state index contributed by atoms with van der Waals surface area (Å²) in [7, 11) is 0. The Kier molecular flexibility index (Phi) is 6.24. The average Bonchev–Trinajstić information content (AvgIpc) is 2.57. The summed E-state index contributed by atoms with van der Waals surface area (Å²) in [6.07, 6.45) is -10.7. The Hall–Kier alpha value is -2.19. The van der Waals surface area contributed by atoms with Crippen LogP contribution in [0.5, 0.6) is 0 Å². The quantitative estimate of drug-likeness (QED) is 0.172. The van der Waals surface area contributed by atoms with Crippen molar-refractivity contribution < 1.29 is 66.6 Å². The van der Waals surface area contributed by atoms with E-state index in [9.17, 15) is 61.9 Å². The zero-order valence-corrected chi connectivity index (χ0v) is 12.9. The summed E-state index contributed by atoms with van der Waals surface area (Å²) in [6, 6.07) is -3.76. The topological polar surface area (TPSA) is 26.3 Å². The summed E-state index contributed by atoms with van der Waals surface area (Å²) in [6.45, 7) is 0. The van der Waals surface area contributed by atoms with Crippen LogP contribution in [0.25, 0.3) is 0 Å². The van der Waals surface area contributed by atoms with Crippen molar-refractivity contribution in [3.63, 3.8) is 0 Å². The molecule has 1 aromatic rings. The number of ether oxygens (including phenoxy) is 1. The molecular formula is C12ClF13O2. The number of halogens is 14. The molecular weight excluding hydrogens is 459 g/mol. The number of benzene rings is 1. The highest BCUT2D eigenvalue weighted by Gasteiger charge is 2.78. The van der Waals surface area contributed by atoms with Crippen LogP contribution < -0.4 is 0 Å². The molecule has 0 aromatic heterocycles. The maximum absolute atomic E-state index is 13.6. The predicted molar refractivity (Wildman–Crippen MR) is 61.9 cm³/mol. The number of carbonyl (C=O) groups excluding carboxylic acids is 1. The lowest BCUT2D eigenvalue weighted by Crippen LogP contribution is -2.59. The third-order valence-corrected chi connectivity index (χ3v) is 3.18. The van der Waals surface area contributed by atoms with Crippen molar-refractivity contribution >= 4 is 17.4 Å². The first-order valence-corrected chi connectivity index (χ1v) is 6.39. The van der Waals surface area contributed by atoms with Gasteiger partial charge in [0.1, 0.15) is 10.6 Å². The van der Waals surface area contributed by atoms with Crippen LogP contribution in [0.1, 0.15) is 10.4 Å². The van der Waals surface area contributed by atoms with E-state index in [4.69, 9.17) is 11.6 Å². The van der Waals surface area contributed by atoms with E-state index in [1.54, 1.807) is 0 Å². The standard InChI is InChI=1S/C12ClF13O2/c13-2-5(16)3(14)1(4(15)6(2)17)7(27)10(21,22)11(23,24)12(25,26)28-9(20)8(18)19. The van der Waals surface area contributed by atoms with Crippen LogP contribution in [0.4, 0.5) is 57.1 Å². The fourth-order valence-corrected chi connectivity index (χ4v) is 1.67. The molecule has 0 spiro atoms. The van der Waals surface area contributed by atoms with Gasteiger partial charge in [0, 0.05) is 0 Å². The Balaban J connectivity index is 3.59. The Labute approximate surface area is 149 Å². The van der Waals surface area contributed by atoms with E-state index in [-0.39, 0.29) is 0 Å². The number of alkyl halides is 6. The molecule has 0 fully saturated rings. The van der Waals surface area contributed by atoms with Gasteiger partial charge in [-0.25, -0.2) is 17.6 Å². The molecule has 0 N–H and O–H groups in total. The van der Waals surface area contributed by atoms with E-state index < -0.39 is 69.7 Å². The third-order valence-electron chi connectivity index (χ3n) is 2.85. The van der Waals surface area contributed by atoms with E-state index in [1.807, 2.05) is 0 Å². The summed E-state index contributed by atoms with van der Waals surface area (Å²) in [5, 5.41) is -2.04. The minimum absolute atomic E-state index is 2.04. The van der Waals surface area contributed by atoms with Crippen molar-refractivity contribution in [3.05, 3.63) is 45.9 Å². The average molecular weight is 459 g/mol. The smallest absolute Gasteiger partial charge is 0.397 e. The van der Waals surface area contributed by atoms with E-state index in [0.717, 1.165) is 0 Å². The van der Waals surface area contributed by atoms with E-state index in [0.29, 0.717) is 0 Å². The second kappa shape index (κ2) is 7.33. The first-order chi connectivity index (χ1) is 12.4. The Morgan fingerprint density at radius 2 is 1.18 bits per heavy atom. The monoisotopic (exact) mass is 458 g/mol. The first kappa shape index (κ1) is 23.8. The fourth-order valence-electron chi connectivity index (χ4n) is 1.50. The number of hydrogen-bond donors (Lipinski definition) is 0. The van der Waals surface area contributed by atoms with Crippen molar-refractivity contribution in [2.45, 2.75) is 18.0 Å². The minimum atomic E-state index is -7.25. The van der Waals surface area contributed by atoms with Gasteiger partial charge < -0.3 is 4.74 Å². The maximum Gasteiger partial charge on any atom is 0.473 e. The van der Waals surface area contributed by atoms with Gasteiger partial charge in [0.2, 0.25) is 5.78 Å². The molecule has 0 amide bonds. The SMILES string of the molecule is O=C(c1c(F)c(F)c(Cl)c(F)c1F)C(F)(F)C(F)(F)C(F)(F)OC(F)=C(F)F. The van der Waals surface area contributed by atoms with Crippen LogP contribution in [0.3, 0.4) is 0 Å². The Morgan fingerprint density at radius 1 is 0.786 bits per heavy atom. The summed E-state index contributed by atoms with van der Waals surface area (Å²) in [5.41, 5.74) is -3.09. The second-order valence-electron chi connectivity index (χ2n) is 4.58. The van der Waals surface area contributed by atoms with Crippen molar-refractivity contribution in [2.24, 2.45) is 0 Å². The van der Waals surface area contributed by atoms with Crippen molar-refractivity contribution in [1.82, 2.24) is 0 Å². The lowest BCUT2D eigenvalue weighted by Gasteiger charge is -2.30. The second-order valence-corrected chi connectivity index (χ2v) is 4.95. The van der Waals surface area contributed by atoms with E-state index >= 15 is 0 Å². The van der Waals surface area contributed by atoms with Gasteiger partial charge in [-0.3, -0.25) is 4.79 Å². The highest BCUT2D eigenvalue weighted by Crippen LogP contribution is 2.49. The summed E-state index contributed by atoms with van der Waals surface area (Å²) >= 11 is 4.69. The zero-order chi connectivity index (χ0) is 22.4. The van der Waals surface area contributed by atoms with Gasteiger partial charge in [-0.2, -0.15) is 39.5 Å². The van der Waals surface area contributed by atoms with Crippen LogP contribution in [-0.4, -0.2) is 23.7 Å². The molecule has 0 atom stereocenters. The number of carbonyl (C=O) groups is 1. The molecule has 28 heavy (non-hydrogen) atoms. The van der Waals surface area contributed by atoms with Crippen LogP contribution >= 0.6 is 11.6 Å².